The van der Waals surface area contributed by atoms with E-state index in [1.54, 1.807) is 25.6 Å². The minimum Gasteiger partial charge on any atom is -0.365 e. The van der Waals surface area contributed by atoms with Gasteiger partial charge in [-0.15, -0.1) is 0 Å². The quantitative estimate of drug-likeness (QED) is 0.832. The molecule has 18 heavy (non-hydrogen) atoms. The Bertz CT molecular complexity index is 529. The average Bonchev–Trinajstić information content (AvgIpc) is 2.45. The zero-order valence-electron chi connectivity index (χ0n) is 9.92. The van der Waals surface area contributed by atoms with Gasteiger partial charge in [0.25, 0.3) is 5.91 Å². The minimum atomic E-state index is -0.257. The largest absolute Gasteiger partial charge is 0.365 e. The molecule has 2 aromatic rings. The second-order valence-corrected chi connectivity index (χ2v) is 3.58. The van der Waals surface area contributed by atoms with Crippen molar-refractivity contribution in [2.75, 3.05) is 12.4 Å². The molecule has 1 amide bonds. The lowest BCUT2D eigenvalue weighted by atomic mass is 10.3. The summed E-state index contributed by atoms with van der Waals surface area (Å²) in [5.41, 5.74) is 1.32. The van der Waals surface area contributed by atoms with Gasteiger partial charge in [0, 0.05) is 26.0 Å². The van der Waals surface area contributed by atoms with Crippen molar-refractivity contribution in [3.05, 3.63) is 48.2 Å². The number of anilines is 1. The highest BCUT2D eigenvalue weighted by molar-refractivity contribution is 5.91. The van der Waals surface area contributed by atoms with Crippen LogP contribution in [0.25, 0.3) is 0 Å². The Morgan fingerprint density at radius 1 is 1.28 bits per heavy atom. The molecule has 0 saturated heterocycles. The van der Waals surface area contributed by atoms with Crippen molar-refractivity contribution in [1.29, 1.82) is 0 Å². The lowest BCUT2D eigenvalue weighted by Crippen LogP contribution is -2.20. The number of rotatable bonds is 4. The SMILES string of the molecule is CNC(=O)c1cncc(NCc2cccnc2)n1. The molecule has 0 aliphatic heterocycles. The maximum absolute atomic E-state index is 11.4. The lowest BCUT2D eigenvalue weighted by Gasteiger charge is -2.06. The van der Waals surface area contributed by atoms with Crippen LogP contribution >= 0.6 is 0 Å². The molecule has 0 bridgehead atoms. The standard InChI is InChI=1S/C12H13N5O/c1-13-12(18)10-7-15-8-11(17-10)16-6-9-3-2-4-14-5-9/h2-5,7-8H,6H2,1H3,(H,13,18)(H,16,17). The van der Waals surface area contributed by atoms with Crippen molar-refractivity contribution in [3.8, 4) is 0 Å². The van der Waals surface area contributed by atoms with Crippen LogP contribution < -0.4 is 10.6 Å². The number of hydrogen-bond acceptors (Lipinski definition) is 5. The molecule has 0 aromatic carbocycles. The van der Waals surface area contributed by atoms with E-state index in [2.05, 4.69) is 25.6 Å². The van der Waals surface area contributed by atoms with E-state index in [-0.39, 0.29) is 11.6 Å². The molecule has 2 aromatic heterocycles. The molecule has 0 spiro atoms. The normalized spacial score (nSPS) is 9.83. The van der Waals surface area contributed by atoms with E-state index in [0.717, 1.165) is 5.56 Å². The summed E-state index contributed by atoms with van der Waals surface area (Å²) in [6.45, 7) is 0.583. The molecular formula is C12H13N5O. The minimum absolute atomic E-state index is 0.257. The summed E-state index contributed by atoms with van der Waals surface area (Å²) in [6, 6.07) is 3.82. The Balaban J connectivity index is 2.04. The monoisotopic (exact) mass is 243 g/mol. The molecule has 2 N–H and O–H groups in total. The number of carbonyl (C=O) groups is 1. The molecular weight excluding hydrogens is 230 g/mol. The van der Waals surface area contributed by atoms with Crippen LogP contribution in [-0.4, -0.2) is 27.9 Å². The highest BCUT2D eigenvalue weighted by atomic mass is 16.1. The summed E-state index contributed by atoms with van der Waals surface area (Å²) < 4.78 is 0. The maximum atomic E-state index is 11.4. The van der Waals surface area contributed by atoms with Crippen LogP contribution in [0.5, 0.6) is 0 Å². The van der Waals surface area contributed by atoms with E-state index in [0.29, 0.717) is 12.4 Å². The third-order valence-corrected chi connectivity index (χ3v) is 2.29. The van der Waals surface area contributed by atoms with Crippen molar-refractivity contribution >= 4 is 11.7 Å². The molecule has 2 heterocycles. The fraction of sp³-hybridized carbons (Fsp3) is 0.167. The summed E-state index contributed by atoms with van der Waals surface area (Å²) in [7, 11) is 1.56. The van der Waals surface area contributed by atoms with Crippen LogP contribution in [-0.2, 0) is 6.54 Å². The molecule has 2 rings (SSSR count). The van der Waals surface area contributed by atoms with E-state index in [9.17, 15) is 4.79 Å². The molecule has 0 saturated carbocycles. The van der Waals surface area contributed by atoms with E-state index in [1.807, 2.05) is 12.1 Å². The molecule has 0 aliphatic rings. The third kappa shape index (κ3) is 3.00. The Morgan fingerprint density at radius 2 is 2.17 bits per heavy atom. The van der Waals surface area contributed by atoms with Crippen LogP contribution in [0, 0.1) is 0 Å². The first kappa shape index (κ1) is 12.0. The number of amides is 1. The topological polar surface area (TPSA) is 79.8 Å². The van der Waals surface area contributed by atoms with Crippen molar-refractivity contribution in [2.45, 2.75) is 6.54 Å². The maximum Gasteiger partial charge on any atom is 0.271 e. The van der Waals surface area contributed by atoms with Gasteiger partial charge < -0.3 is 10.6 Å². The first-order valence-corrected chi connectivity index (χ1v) is 5.46. The van der Waals surface area contributed by atoms with Crippen LogP contribution in [0.1, 0.15) is 16.1 Å². The second kappa shape index (κ2) is 5.72. The lowest BCUT2D eigenvalue weighted by molar-refractivity contribution is 0.0958. The predicted molar refractivity (Wildman–Crippen MR) is 67.0 cm³/mol. The number of hydrogen-bond donors (Lipinski definition) is 2. The average molecular weight is 243 g/mol. The molecule has 6 heteroatoms. The molecule has 0 atom stereocenters. The van der Waals surface area contributed by atoms with Crippen LogP contribution in [0.4, 0.5) is 5.82 Å². The number of carbonyl (C=O) groups excluding carboxylic acids is 1. The van der Waals surface area contributed by atoms with Gasteiger partial charge in [0.15, 0.2) is 0 Å². The molecule has 0 aliphatic carbocycles. The zero-order valence-corrected chi connectivity index (χ0v) is 9.92. The molecule has 6 nitrogen and oxygen atoms in total. The fourth-order valence-electron chi connectivity index (χ4n) is 1.38. The third-order valence-electron chi connectivity index (χ3n) is 2.29. The smallest absolute Gasteiger partial charge is 0.271 e. The van der Waals surface area contributed by atoms with Gasteiger partial charge in [0.1, 0.15) is 11.5 Å². The number of aromatic nitrogens is 3. The Kier molecular flexibility index (Phi) is 3.80. The van der Waals surface area contributed by atoms with Crippen molar-refractivity contribution in [2.24, 2.45) is 0 Å². The van der Waals surface area contributed by atoms with Gasteiger partial charge in [0.05, 0.1) is 12.4 Å². The number of pyridine rings is 1. The van der Waals surface area contributed by atoms with E-state index >= 15 is 0 Å². The van der Waals surface area contributed by atoms with Crippen molar-refractivity contribution < 1.29 is 4.79 Å². The number of nitrogens with one attached hydrogen (secondary N) is 2. The van der Waals surface area contributed by atoms with Crippen LogP contribution in [0.15, 0.2) is 36.9 Å². The van der Waals surface area contributed by atoms with Gasteiger partial charge in [-0.3, -0.25) is 14.8 Å². The van der Waals surface area contributed by atoms with Gasteiger partial charge in [-0.25, -0.2) is 4.98 Å². The first-order chi connectivity index (χ1) is 8.79. The highest BCUT2D eigenvalue weighted by Gasteiger charge is 2.06. The Hall–Kier alpha value is -2.50. The van der Waals surface area contributed by atoms with Gasteiger partial charge in [0.2, 0.25) is 0 Å². The van der Waals surface area contributed by atoms with Gasteiger partial charge in [-0.1, -0.05) is 6.07 Å². The van der Waals surface area contributed by atoms with Crippen molar-refractivity contribution in [3.63, 3.8) is 0 Å². The second-order valence-electron chi connectivity index (χ2n) is 3.58. The summed E-state index contributed by atoms with van der Waals surface area (Å²) in [5, 5.41) is 5.59. The van der Waals surface area contributed by atoms with Crippen molar-refractivity contribution in [1.82, 2.24) is 20.3 Å². The summed E-state index contributed by atoms with van der Waals surface area (Å²) in [5.74, 6) is 0.299. The van der Waals surface area contributed by atoms with Gasteiger partial charge >= 0.3 is 0 Å². The predicted octanol–water partition coefficient (Wildman–Crippen LogP) is 0.843. The van der Waals surface area contributed by atoms with Gasteiger partial charge in [-0.05, 0) is 11.6 Å². The Labute approximate surface area is 105 Å². The molecule has 0 unspecified atom stereocenters. The Morgan fingerprint density at radius 3 is 2.89 bits per heavy atom. The highest BCUT2D eigenvalue weighted by Crippen LogP contribution is 2.05. The summed E-state index contributed by atoms with van der Waals surface area (Å²) >= 11 is 0. The van der Waals surface area contributed by atoms with Gasteiger partial charge in [-0.2, -0.15) is 0 Å². The molecule has 0 fully saturated rings. The van der Waals surface area contributed by atoms with E-state index in [1.165, 1.54) is 6.20 Å². The zero-order chi connectivity index (χ0) is 12.8. The van der Waals surface area contributed by atoms with E-state index in [4.69, 9.17) is 0 Å². The van der Waals surface area contributed by atoms with Crippen LogP contribution in [0.3, 0.4) is 0 Å². The molecule has 0 radical (unpaired) electrons. The molecule has 92 valence electrons. The number of nitrogens with zero attached hydrogens (tertiary/aromatic N) is 3. The van der Waals surface area contributed by atoms with E-state index < -0.39 is 0 Å². The first-order valence-electron chi connectivity index (χ1n) is 5.46. The summed E-state index contributed by atoms with van der Waals surface area (Å²) in [6.07, 6.45) is 6.48. The summed E-state index contributed by atoms with van der Waals surface area (Å²) in [4.78, 5) is 23.5. The fourth-order valence-corrected chi connectivity index (χ4v) is 1.38. The van der Waals surface area contributed by atoms with Crippen LogP contribution in [0.2, 0.25) is 0 Å².